The van der Waals surface area contributed by atoms with Gasteiger partial charge in [0, 0.05) is 0 Å². The molecule has 1 atom stereocenters. The molecule has 2 aromatic rings. The second-order valence-electron chi connectivity index (χ2n) is 4.56. The monoisotopic (exact) mass is 277 g/mol. The summed E-state index contributed by atoms with van der Waals surface area (Å²) in [5, 5.41) is 0. The average Bonchev–Trinajstić information content (AvgIpc) is 2.46. The highest BCUT2D eigenvalue weighted by Gasteiger charge is 2.12. The van der Waals surface area contributed by atoms with E-state index in [0.29, 0.717) is 0 Å². The molecule has 0 aliphatic heterocycles. The van der Waals surface area contributed by atoms with E-state index in [0.717, 1.165) is 24.1 Å². The molecule has 4 heteroatoms. The predicted octanol–water partition coefficient (Wildman–Crippen LogP) is 3.61. The van der Waals surface area contributed by atoms with Gasteiger partial charge in [0.1, 0.15) is 6.61 Å². The van der Waals surface area contributed by atoms with Crippen LogP contribution in [-0.2, 0) is 6.42 Å². The molecule has 106 valence electrons. The number of halogens is 2. The minimum absolute atomic E-state index is 0.0172. The van der Waals surface area contributed by atoms with E-state index >= 15 is 0 Å². The number of hydrogen-bond donors (Lipinski definition) is 1. The first-order valence-corrected chi connectivity index (χ1v) is 6.53. The third-order valence-electron chi connectivity index (χ3n) is 3.14. The van der Waals surface area contributed by atoms with Crippen molar-refractivity contribution in [1.29, 1.82) is 0 Å². The molecule has 0 aromatic heterocycles. The highest BCUT2D eigenvalue weighted by Crippen LogP contribution is 2.22. The number of rotatable bonds is 5. The number of nitrogens with two attached hydrogens (primary N) is 1. The predicted molar refractivity (Wildman–Crippen MR) is 74.6 cm³/mol. The Morgan fingerprint density at radius 3 is 2.20 bits per heavy atom. The number of hydrogen-bond acceptors (Lipinski definition) is 2. The molecule has 0 amide bonds. The Balaban J connectivity index is 2.02. The van der Waals surface area contributed by atoms with Gasteiger partial charge in [-0.25, -0.2) is 8.78 Å². The Labute approximate surface area is 117 Å². The lowest BCUT2D eigenvalue weighted by molar-refractivity contribution is 0.263. The van der Waals surface area contributed by atoms with Gasteiger partial charge in [-0.05, 0) is 29.7 Å². The topological polar surface area (TPSA) is 35.2 Å². The van der Waals surface area contributed by atoms with Crippen molar-refractivity contribution in [3.8, 4) is 5.75 Å². The summed E-state index contributed by atoms with van der Waals surface area (Å²) in [5.74, 6) is -1.83. The first kappa shape index (κ1) is 14.5. The summed E-state index contributed by atoms with van der Waals surface area (Å²) in [4.78, 5) is 0. The summed E-state index contributed by atoms with van der Waals surface area (Å²) in [5.41, 5.74) is 8.05. The van der Waals surface area contributed by atoms with Crippen LogP contribution in [0.2, 0.25) is 0 Å². The molecule has 0 spiro atoms. The maximum absolute atomic E-state index is 13.4. The summed E-state index contributed by atoms with van der Waals surface area (Å²) in [6, 6.07) is 11.0. The van der Waals surface area contributed by atoms with Crippen molar-refractivity contribution in [1.82, 2.24) is 0 Å². The largest absolute Gasteiger partial charge is 0.486 e. The lowest BCUT2D eigenvalue weighted by atomic mass is 10.1. The van der Waals surface area contributed by atoms with Crippen molar-refractivity contribution in [2.45, 2.75) is 19.4 Å². The molecule has 0 heterocycles. The van der Waals surface area contributed by atoms with Crippen molar-refractivity contribution in [2.24, 2.45) is 5.73 Å². The first-order valence-electron chi connectivity index (χ1n) is 6.53. The Kier molecular flexibility index (Phi) is 4.69. The summed E-state index contributed by atoms with van der Waals surface area (Å²) >= 11 is 0. The van der Waals surface area contributed by atoms with E-state index in [-0.39, 0.29) is 12.4 Å². The van der Waals surface area contributed by atoms with Crippen LogP contribution in [0.4, 0.5) is 8.78 Å². The molecule has 20 heavy (non-hydrogen) atoms. The van der Waals surface area contributed by atoms with E-state index in [1.165, 1.54) is 11.6 Å². The first-order chi connectivity index (χ1) is 9.61. The molecule has 0 aliphatic rings. The zero-order chi connectivity index (χ0) is 14.5. The standard InChI is InChI=1S/C16H17F2NO/c1-2-11-6-8-12(9-7-11)15(19)10-20-16-13(17)4-3-5-14(16)18/h3-9,15H,2,10,19H2,1H3. The van der Waals surface area contributed by atoms with E-state index < -0.39 is 17.7 Å². The van der Waals surface area contributed by atoms with Gasteiger partial charge in [-0.2, -0.15) is 0 Å². The molecular formula is C16H17F2NO. The summed E-state index contributed by atoms with van der Waals surface area (Å²) in [6.07, 6.45) is 0.951. The molecule has 0 bridgehead atoms. The van der Waals surface area contributed by atoms with Crippen molar-refractivity contribution in [3.05, 3.63) is 65.2 Å². The van der Waals surface area contributed by atoms with Crippen molar-refractivity contribution in [3.63, 3.8) is 0 Å². The molecule has 0 fully saturated rings. The third-order valence-corrected chi connectivity index (χ3v) is 3.14. The van der Waals surface area contributed by atoms with Gasteiger partial charge >= 0.3 is 0 Å². The smallest absolute Gasteiger partial charge is 0.190 e. The van der Waals surface area contributed by atoms with Gasteiger partial charge in [0.05, 0.1) is 6.04 Å². The van der Waals surface area contributed by atoms with Gasteiger partial charge in [-0.3, -0.25) is 0 Å². The number of benzene rings is 2. The minimum atomic E-state index is -0.724. The van der Waals surface area contributed by atoms with Crippen LogP contribution in [-0.4, -0.2) is 6.61 Å². The van der Waals surface area contributed by atoms with Gasteiger partial charge in [-0.1, -0.05) is 37.3 Å². The fourth-order valence-corrected chi connectivity index (χ4v) is 1.89. The van der Waals surface area contributed by atoms with Crippen LogP contribution in [0, 0.1) is 11.6 Å². The molecule has 0 radical (unpaired) electrons. The zero-order valence-corrected chi connectivity index (χ0v) is 11.3. The van der Waals surface area contributed by atoms with Crippen LogP contribution in [0.25, 0.3) is 0 Å². The van der Waals surface area contributed by atoms with E-state index in [4.69, 9.17) is 10.5 Å². The molecule has 2 rings (SSSR count). The van der Waals surface area contributed by atoms with Gasteiger partial charge in [-0.15, -0.1) is 0 Å². The normalized spacial score (nSPS) is 12.2. The number of aryl methyl sites for hydroxylation is 1. The van der Waals surface area contributed by atoms with Crippen LogP contribution >= 0.6 is 0 Å². The van der Waals surface area contributed by atoms with E-state index in [1.54, 1.807) is 0 Å². The second-order valence-corrected chi connectivity index (χ2v) is 4.56. The van der Waals surface area contributed by atoms with Gasteiger partial charge < -0.3 is 10.5 Å². The SMILES string of the molecule is CCc1ccc(C(N)COc2c(F)cccc2F)cc1. The van der Waals surface area contributed by atoms with Crippen LogP contribution in [0.5, 0.6) is 5.75 Å². The Hall–Kier alpha value is -1.94. The van der Waals surface area contributed by atoms with Crippen LogP contribution in [0.1, 0.15) is 24.1 Å². The highest BCUT2D eigenvalue weighted by molar-refractivity contribution is 5.27. The minimum Gasteiger partial charge on any atom is -0.486 e. The summed E-state index contributed by atoms with van der Waals surface area (Å²) < 4.78 is 32.0. The van der Waals surface area contributed by atoms with Crippen molar-refractivity contribution < 1.29 is 13.5 Å². The lowest BCUT2D eigenvalue weighted by Crippen LogP contribution is -2.19. The lowest BCUT2D eigenvalue weighted by Gasteiger charge is -2.14. The maximum atomic E-state index is 13.4. The molecular weight excluding hydrogens is 260 g/mol. The molecule has 0 saturated heterocycles. The van der Waals surface area contributed by atoms with Gasteiger partial charge in [0.2, 0.25) is 0 Å². The van der Waals surface area contributed by atoms with Crippen LogP contribution < -0.4 is 10.5 Å². The molecule has 1 unspecified atom stereocenters. The number of para-hydroxylation sites is 1. The van der Waals surface area contributed by atoms with Gasteiger partial charge in [0.15, 0.2) is 17.4 Å². The summed E-state index contributed by atoms with van der Waals surface area (Å²) in [6.45, 7) is 2.09. The molecule has 0 saturated carbocycles. The van der Waals surface area contributed by atoms with Crippen molar-refractivity contribution in [2.75, 3.05) is 6.61 Å². The summed E-state index contributed by atoms with van der Waals surface area (Å²) in [7, 11) is 0. The van der Waals surface area contributed by atoms with E-state index in [2.05, 4.69) is 6.92 Å². The van der Waals surface area contributed by atoms with Crippen LogP contribution in [0.3, 0.4) is 0 Å². The average molecular weight is 277 g/mol. The molecule has 0 aliphatic carbocycles. The van der Waals surface area contributed by atoms with Gasteiger partial charge in [0.25, 0.3) is 0 Å². The van der Waals surface area contributed by atoms with E-state index in [1.807, 2.05) is 24.3 Å². The zero-order valence-electron chi connectivity index (χ0n) is 11.3. The fourth-order valence-electron chi connectivity index (χ4n) is 1.89. The fraction of sp³-hybridized carbons (Fsp3) is 0.250. The molecule has 2 N–H and O–H groups in total. The third kappa shape index (κ3) is 3.33. The van der Waals surface area contributed by atoms with Crippen molar-refractivity contribution >= 4 is 0 Å². The van der Waals surface area contributed by atoms with E-state index in [9.17, 15) is 8.78 Å². The Morgan fingerprint density at radius 1 is 1.05 bits per heavy atom. The second kappa shape index (κ2) is 6.48. The molecule has 2 nitrogen and oxygen atoms in total. The number of ether oxygens (including phenoxy) is 1. The molecule has 2 aromatic carbocycles. The Bertz CT molecular complexity index is 549. The maximum Gasteiger partial charge on any atom is 0.190 e. The Morgan fingerprint density at radius 2 is 1.65 bits per heavy atom. The quantitative estimate of drug-likeness (QED) is 0.906. The van der Waals surface area contributed by atoms with Crippen LogP contribution in [0.15, 0.2) is 42.5 Å². The highest BCUT2D eigenvalue weighted by atomic mass is 19.1.